The van der Waals surface area contributed by atoms with E-state index in [1.54, 1.807) is 0 Å². The average molecular weight is 242 g/mol. The smallest absolute Gasteiger partial charge is 0.251 e. The Labute approximate surface area is 104 Å². The van der Waals surface area contributed by atoms with E-state index in [9.17, 15) is 4.79 Å². The molecule has 1 fully saturated rings. The second-order valence-corrected chi connectivity index (χ2v) is 5.26. The van der Waals surface area contributed by atoms with Gasteiger partial charge in [-0.05, 0) is 32.1 Å². The molecule has 4 heteroatoms. The van der Waals surface area contributed by atoms with Gasteiger partial charge in [0, 0.05) is 25.7 Å². The normalized spacial score (nSPS) is 22.2. The third-order valence-electron chi connectivity index (χ3n) is 3.34. The summed E-state index contributed by atoms with van der Waals surface area (Å²) in [6, 6.07) is 0.221. The Bertz CT molecular complexity index is 244. The van der Waals surface area contributed by atoms with Gasteiger partial charge in [0.1, 0.15) is 6.10 Å². The fourth-order valence-corrected chi connectivity index (χ4v) is 2.16. The van der Waals surface area contributed by atoms with Gasteiger partial charge in [-0.2, -0.15) is 0 Å². The van der Waals surface area contributed by atoms with Gasteiger partial charge in [-0.3, -0.25) is 4.79 Å². The highest BCUT2D eigenvalue weighted by Crippen LogP contribution is 2.18. The van der Waals surface area contributed by atoms with Gasteiger partial charge < -0.3 is 15.4 Å². The largest absolute Gasteiger partial charge is 0.369 e. The van der Waals surface area contributed by atoms with Crippen LogP contribution < -0.4 is 5.73 Å². The van der Waals surface area contributed by atoms with Gasteiger partial charge in [-0.15, -0.1) is 0 Å². The lowest BCUT2D eigenvalue weighted by Gasteiger charge is -2.26. The van der Waals surface area contributed by atoms with Crippen molar-refractivity contribution in [3.8, 4) is 0 Å². The Morgan fingerprint density at radius 1 is 1.47 bits per heavy atom. The fraction of sp³-hybridized carbons (Fsp3) is 0.923. The van der Waals surface area contributed by atoms with Crippen molar-refractivity contribution in [1.82, 2.24) is 4.90 Å². The van der Waals surface area contributed by atoms with E-state index in [0.717, 1.165) is 25.8 Å². The first-order chi connectivity index (χ1) is 8.06. The zero-order valence-electron chi connectivity index (χ0n) is 11.3. The molecule has 0 spiro atoms. The topological polar surface area (TPSA) is 55.6 Å². The maximum atomic E-state index is 12.1. The first-order valence-corrected chi connectivity index (χ1v) is 6.68. The minimum Gasteiger partial charge on any atom is -0.369 e. The molecule has 0 aromatic heterocycles. The van der Waals surface area contributed by atoms with E-state index in [-0.39, 0.29) is 18.1 Å². The maximum Gasteiger partial charge on any atom is 0.251 e. The molecule has 0 aliphatic carbocycles. The van der Waals surface area contributed by atoms with Crippen molar-refractivity contribution in [3.05, 3.63) is 0 Å². The maximum absolute atomic E-state index is 12.1. The summed E-state index contributed by atoms with van der Waals surface area (Å²) in [5, 5.41) is 0. The predicted molar refractivity (Wildman–Crippen MR) is 68.7 cm³/mol. The summed E-state index contributed by atoms with van der Waals surface area (Å²) in [4.78, 5) is 14.0. The molecule has 2 atom stereocenters. The van der Waals surface area contributed by atoms with Gasteiger partial charge in [0.25, 0.3) is 5.91 Å². The first-order valence-electron chi connectivity index (χ1n) is 6.68. The number of nitrogens with zero attached hydrogens (tertiary/aromatic N) is 1. The van der Waals surface area contributed by atoms with Crippen molar-refractivity contribution in [2.24, 2.45) is 11.7 Å². The molecule has 1 aliphatic heterocycles. The van der Waals surface area contributed by atoms with Crippen molar-refractivity contribution < 1.29 is 9.53 Å². The molecule has 0 saturated carbocycles. The van der Waals surface area contributed by atoms with E-state index in [0.29, 0.717) is 19.1 Å². The van der Waals surface area contributed by atoms with Gasteiger partial charge in [0.2, 0.25) is 0 Å². The molecule has 0 aromatic carbocycles. The molecule has 1 amide bonds. The van der Waals surface area contributed by atoms with Crippen LogP contribution in [0, 0.1) is 5.92 Å². The van der Waals surface area contributed by atoms with Gasteiger partial charge >= 0.3 is 0 Å². The number of carbonyl (C=O) groups is 1. The Hall–Kier alpha value is -0.610. The Kier molecular flexibility index (Phi) is 5.92. The van der Waals surface area contributed by atoms with Gasteiger partial charge in [0.15, 0.2) is 0 Å². The summed E-state index contributed by atoms with van der Waals surface area (Å²) in [5.41, 5.74) is 5.67. The van der Waals surface area contributed by atoms with Crippen LogP contribution in [0.1, 0.15) is 40.0 Å². The zero-order valence-corrected chi connectivity index (χ0v) is 11.3. The molecule has 0 radical (unpaired) electrons. The van der Waals surface area contributed by atoms with Crippen molar-refractivity contribution in [3.63, 3.8) is 0 Å². The quantitative estimate of drug-likeness (QED) is 0.765. The highest BCUT2D eigenvalue weighted by Gasteiger charge is 2.30. The standard InChI is InChI=1S/C13H26N2O2/c1-10(2)6-8-17-11(3)13(16)15-7-4-5-12(15)9-14/h10-12H,4-9,14H2,1-3H3. The molecule has 17 heavy (non-hydrogen) atoms. The van der Waals surface area contributed by atoms with Crippen LogP contribution in [0.15, 0.2) is 0 Å². The van der Waals surface area contributed by atoms with E-state index in [1.165, 1.54) is 0 Å². The third-order valence-corrected chi connectivity index (χ3v) is 3.34. The number of likely N-dealkylation sites (tertiary alicyclic amines) is 1. The third kappa shape index (κ3) is 4.28. The number of nitrogens with two attached hydrogens (primary N) is 1. The van der Waals surface area contributed by atoms with E-state index in [4.69, 9.17) is 10.5 Å². The Morgan fingerprint density at radius 3 is 2.76 bits per heavy atom. The second-order valence-electron chi connectivity index (χ2n) is 5.26. The van der Waals surface area contributed by atoms with Crippen LogP contribution in [0.3, 0.4) is 0 Å². The number of hydrogen-bond acceptors (Lipinski definition) is 3. The van der Waals surface area contributed by atoms with Crippen molar-refractivity contribution in [2.75, 3.05) is 19.7 Å². The molecule has 1 heterocycles. The first kappa shape index (κ1) is 14.5. The second kappa shape index (κ2) is 6.97. The van der Waals surface area contributed by atoms with Gasteiger partial charge in [-0.25, -0.2) is 0 Å². The van der Waals surface area contributed by atoms with Crippen LogP contribution in [-0.2, 0) is 9.53 Å². The molecule has 2 unspecified atom stereocenters. The minimum absolute atomic E-state index is 0.0988. The van der Waals surface area contributed by atoms with Crippen molar-refractivity contribution in [2.45, 2.75) is 52.2 Å². The molecule has 0 aromatic rings. The SMILES string of the molecule is CC(C)CCOC(C)C(=O)N1CCCC1CN. The lowest BCUT2D eigenvalue weighted by atomic mass is 10.1. The van der Waals surface area contributed by atoms with E-state index in [1.807, 2.05) is 11.8 Å². The number of hydrogen-bond donors (Lipinski definition) is 1. The van der Waals surface area contributed by atoms with Crippen molar-refractivity contribution in [1.29, 1.82) is 0 Å². The lowest BCUT2D eigenvalue weighted by Crippen LogP contribution is -2.45. The molecule has 2 N–H and O–H groups in total. The molecule has 100 valence electrons. The Balaban J connectivity index is 2.35. The summed E-state index contributed by atoms with van der Waals surface area (Å²) < 4.78 is 5.59. The number of ether oxygens (including phenoxy) is 1. The molecule has 1 saturated heterocycles. The highest BCUT2D eigenvalue weighted by molar-refractivity contribution is 5.81. The molecular formula is C13H26N2O2. The summed E-state index contributed by atoms with van der Waals surface area (Å²) in [6.45, 7) is 8.20. The highest BCUT2D eigenvalue weighted by atomic mass is 16.5. The van der Waals surface area contributed by atoms with Crippen LogP contribution in [0.25, 0.3) is 0 Å². The number of carbonyl (C=O) groups excluding carboxylic acids is 1. The average Bonchev–Trinajstić information content (AvgIpc) is 2.75. The van der Waals surface area contributed by atoms with E-state index >= 15 is 0 Å². The minimum atomic E-state index is -0.333. The molecule has 0 bridgehead atoms. The summed E-state index contributed by atoms with van der Waals surface area (Å²) in [6.07, 6.45) is 2.76. The van der Waals surface area contributed by atoms with Crippen molar-refractivity contribution >= 4 is 5.91 Å². The van der Waals surface area contributed by atoms with Crippen LogP contribution in [-0.4, -0.2) is 42.6 Å². The van der Waals surface area contributed by atoms with Crippen LogP contribution >= 0.6 is 0 Å². The monoisotopic (exact) mass is 242 g/mol. The van der Waals surface area contributed by atoms with E-state index in [2.05, 4.69) is 13.8 Å². The van der Waals surface area contributed by atoms with E-state index < -0.39 is 0 Å². The van der Waals surface area contributed by atoms with Gasteiger partial charge in [0.05, 0.1) is 0 Å². The molecule has 1 aliphatic rings. The Morgan fingerprint density at radius 2 is 2.18 bits per heavy atom. The molecular weight excluding hydrogens is 216 g/mol. The summed E-state index contributed by atoms with van der Waals surface area (Å²) in [5.74, 6) is 0.711. The summed E-state index contributed by atoms with van der Waals surface area (Å²) >= 11 is 0. The fourth-order valence-electron chi connectivity index (χ4n) is 2.16. The lowest BCUT2D eigenvalue weighted by molar-refractivity contribution is -0.143. The van der Waals surface area contributed by atoms with Crippen LogP contribution in [0.2, 0.25) is 0 Å². The molecule has 4 nitrogen and oxygen atoms in total. The van der Waals surface area contributed by atoms with Crippen LogP contribution in [0.4, 0.5) is 0 Å². The number of amides is 1. The molecule has 1 rings (SSSR count). The number of rotatable bonds is 6. The summed E-state index contributed by atoms with van der Waals surface area (Å²) in [7, 11) is 0. The van der Waals surface area contributed by atoms with Gasteiger partial charge in [-0.1, -0.05) is 13.8 Å². The van der Waals surface area contributed by atoms with Crippen LogP contribution in [0.5, 0.6) is 0 Å². The zero-order chi connectivity index (χ0) is 12.8. The predicted octanol–water partition coefficient (Wildman–Crippen LogP) is 1.39.